The molecule has 0 bridgehead atoms. The largest absolute Gasteiger partial charge is 0.390 e. The minimum absolute atomic E-state index is 0.0526. The molecule has 1 unspecified atom stereocenters. The zero-order valence-corrected chi connectivity index (χ0v) is 11.2. The van der Waals surface area contributed by atoms with Crippen LogP contribution in [0, 0.1) is 0 Å². The van der Waals surface area contributed by atoms with Gasteiger partial charge in [0.15, 0.2) is 9.84 Å². The van der Waals surface area contributed by atoms with E-state index in [1.54, 1.807) is 26.0 Å². The summed E-state index contributed by atoms with van der Waals surface area (Å²) >= 11 is 0. The maximum atomic E-state index is 11.8. The van der Waals surface area contributed by atoms with Crippen molar-refractivity contribution in [3.05, 3.63) is 29.3 Å². The van der Waals surface area contributed by atoms with Gasteiger partial charge in [0.05, 0.1) is 16.2 Å². The van der Waals surface area contributed by atoms with Gasteiger partial charge >= 0.3 is 0 Å². The Hall–Kier alpha value is -0.870. The van der Waals surface area contributed by atoms with Gasteiger partial charge < -0.3 is 5.11 Å². The molecule has 2 rings (SSSR count). The average molecular weight is 254 g/mol. The van der Waals surface area contributed by atoms with Crippen molar-refractivity contribution in [1.82, 2.24) is 0 Å². The van der Waals surface area contributed by atoms with Crippen molar-refractivity contribution in [3.8, 4) is 0 Å². The van der Waals surface area contributed by atoms with E-state index in [2.05, 4.69) is 0 Å². The lowest BCUT2D eigenvalue weighted by Crippen LogP contribution is -2.21. The fourth-order valence-electron chi connectivity index (χ4n) is 2.38. The monoisotopic (exact) mass is 254 g/mol. The Morgan fingerprint density at radius 3 is 2.65 bits per heavy atom. The van der Waals surface area contributed by atoms with Crippen molar-refractivity contribution in [1.29, 1.82) is 0 Å². The molecule has 0 aliphatic carbocycles. The first kappa shape index (κ1) is 12.6. The van der Waals surface area contributed by atoms with Crippen LogP contribution in [0.4, 0.5) is 0 Å². The molecule has 0 saturated carbocycles. The summed E-state index contributed by atoms with van der Waals surface area (Å²) in [6.07, 6.45) is 0.535. The van der Waals surface area contributed by atoms with Gasteiger partial charge in [-0.25, -0.2) is 8.42 Å². The highest BCUT2D eigenvalue weighted by atomic mass is 32.2. The van der Waals surface area contributed by atoms with Gasteiger partial charge in [-0.15, -0.1) is 0 Å². The third kappa shape index (κ3) is 2.53. The second-order valence-corrected chi connectivity index (χ2v) is 7.55. The van der Waals surface area contributed by atoms with Gasteiger partial charge in [-0.1, -0.05) is 19.1 Å². The Balaban J connectivity index is 2.43. The van der Waals surface area contributed by atoms with Gasteiger partial charge in [0.2, 0.25) is 0 Å². The molecule has 4 heteroatoms. The molecule has 0 spiro atoms. The SMILES string of the molecule is CC1CS(=O)(=O)c2ccc(CC(C)(C)O)cc21. The summed E-state index contributed by atoms with van der Waals surface area (Å²) in [5.74, 6) is 0.255. The highest BCUT2D eigenvalue weighted by molar-refractivity contribution is 7.91. The van der Waals surface area contributed by atoms with Crippen molar-refractivity contribution >= 4 is 9.84 Å². The quantitative estimate of drug-likeness (QED) is 0.877. The van der Waals surface area contributed by atoms with Gasteiger partial charge in [0.1, 0.15) is 0 Å². The number of hydrogen-bond donors (Lipinski definition) is 1. The predicted octanol–water partition coefficient (Wildman–Crippen LogP) is 1.89. The summed E-state index contributed by atoms with van der Waals surface area (Å²) in [5, 5.41) is 9.77. The lowest BCUT2D eigenvalue weighted by molar-refractivity contribution is 0.0810. The molecule has 1 heterocycles. The van der Waals surface area contributed by atoms with Crippen LogP contribution < -0.4 is 0 Å². The number of aliphatic hydroxyl groups is 1. The second-order valence-electron chi connectivity index (χ2n) is 5.54. The lowest BCUT2D eigenvalue weighted by atomic mass is 9.94. The zero-order chi connectivity index (χ0) is 12.8. The fourth-order valence-corrected chi connectivity index (χ4v) is 4.30. The van der Waals surface area contributed by atoms with Crippen LogP contribution in [0.25, 0.3) is 0 Å². The van der Waals surface area contributed by atoms with E-state index in [1.807, 2.05) is 13.0 Å². The maximum Gasteiger partial charge on any atom is 0.179 e. The van der Waals surface area contributed by atoms with E-state index in [0.29, 0.717) is 11.3 Å². The molecule has 3 nitrogen and oxygen atoms in total. The Kier molecular flexibility index (Phi) is 2.83. The van der Waals surface area contributed by atoms with Crippen LogP contribution in [0.15, 0.2) is 23.1 Å². The molecule has 1 atom stereocenters. The van der Waals surface area contributed by atoms with E-state index in [0.717, 1.165) is 11.1 Å². The summed E-state index contributed by atoms with van der Waals surface area (Å²) in [6.45, 7) is 5.43. The predicted molar refractivity (Wildman–Crippen MR) is 66.9 cm³/mol. The number of rotatable bonds is 2. The Labute approximate surface area is 102 Å². The zero-order valence-electron chi connectivity index (χ0n) is 10.4. The van der Waals surface area contributed by atoms with Gasteiger partial charge in [-0.2, -0.15) is 0 Å². The molecule has 1 aliphatic rings. The standard InChI is InChI=1S/C13H18O3S/c1-9-8-17(15,16)12-5-4-10(6-11(9)12)7-13(2,3)14/h4-6,9,14H,7-8H2,1-3H3. The molecule has 0 amide bonds. The highest BCUT2D eigenvalue weighted by Crippen LogP contribution is 2.35. The van der Waals surface area contributed by atoms with Crippen molar-refractivity contribution in [2.75, 3.05) is 5.75 Å². The van der Waals surface area contributed by atoms with E-state index >= 15 is 0 Å². The smallest absolute Gasteiger partial charge is 0.179 e. The second kappa shape index (κ2) is 3.82. The lowest BCUT2D eigenvalue weighted by Gasteiger charge is -2.17. The van der Waals surface area contributed by atoms with Crippen LogP contribution in [-0.2, 0) is 16.3 Å². The minimum atomic E-state index is -3.08. The van der Waals surface area contributed by atoms with Crippen LogP contribution in [0.2, 0.25) is 0 Å². The number of fused-ring (bicyclic) bond motifs is 1. The Morgan fingerprint density at radius 2 is 2.06 bits per heavy atom. The van der Waals surface area contributed by atoms with E-state index in [-0.39, 0.29) is 11.7 Å². The average Bonchev–Trinajstić information content (AvgIpc) is 2.34. The third-order valence-electron chi connectivity index (χ3n) is 3.05. The summed E-state index contributed by atoms with van der Waals surface area (Å²) < 4.78 is 23.6. The molecule has 0 saturated heterocycles. The van der Waals surface area contributed by atoms with Gasteiger partial charge in [0.25, 0.3) is 0 Å². The van der Waals surface area contributed by atoms with Gasteiger partial charge in [0, 0.05) is 6.42 Å². The first-order valence-electron chi connectivity index (χ1n) is 5.77. The normalized spacial score (nSPS) is 22.5. The van der Waals surface area contributed by atoms with Gasteiger partial charge in [-0.3, -0.25) is 0 Å². The van der Waals surface area contributed by atoms with Crippen molar-refractivity contribution in [3.63, 3.8) is 0 Å². The molecule has 1 aliphatic heterocycles. The molecule has 1 aromatic rings. The van der Waals surface area contributed by atoms with Crippen LogP contribution >= 0.6 is 0 Å². The molecule has 94 valence electrons. The van der Waals surface area contributed by atoms with Crippen LogP contribution in [0.1, 0.15) is 37.8 Å². The van der Waals surface area contributed by atoms with Crippen LogP contribution in [0.3, 0.4) is 0 Å². The summed E-state index contributed by atoms with van der Waals surface area (Å²) in [5.41, 5.74) is 1.11. The molecule has 1 N–H and O–H groups in total. The molecule has 0 radical (unpaired) electrons. The van der Waals surface area contributed by atoms with E-state index < -0.39 is 15.4 Å². The van der Waals surface area contributed by atoms with Crippen molar-refractivity contribution in [2.45, 2.75) is 43.6 Å². The first-order valence-corrected chi connectivity index (χ1v) is 7.42. The number of benzene rings is 1. The van der Waals surface area contributed by atoms with Crippen molar-refractivity contribution < 1.29 is 13.5 Å². The highest BCUT2D eigenvalue weighted by Gasteiger charge is 2.32. The molecule has 0 aromatic heterocycles. The topological polar surface area (TPSA) is 54.4 Å². The van der Waals surface area contributed by atoms with Crippen molar-refractivity contribution in [2.24, 2.45) is 0 Å². The summed E-state index contributed by atoms with van der Waals surface area (Å²) in [7, 11) is -3.08. The summed E-state index contributed by atoms with van der Waals surface area (Å²) in [6, 6.07) is 5.39. The van der Waals surface area contributed by atoms with E-state index in [4.69, 9.17) is 0 Å². The maximum absolute atomic E-state index is 11.8. The molecule has 1 aromatic carbocycles. The number of sulfone groups is 1. The van der Waals surface area contributed by atoms with E-state index in [9.17, 15) is 13.5 Å². The first-order chi connectivity index (χ1) is 7.69. The molecule has 0 fully saturated rings. The van der Waals surface area contributed by atoms with Crippen LogP contribution in [0.5, 0.6) is 0 Å². The fraction of sp³-hybridized carbons (Fsp3) is 0.538. The summed E-state index contributed by atoms with van der Waals surface area (Å²) in [4.78, 5) is 0.462. The molecular formula is C13H18O3S. The van der Waals surface area contributed by atoms with E-state index in [1.165, 1.54) is 0 Å². The van der Waals surface area contributed by atoms with Crippen LogP contribution in [-0.4, -0.2) is 24.9 Å². The Morgan fingerprint density at radius 1 is 1.41 bits per heavy atom. The molecular weight excluding hydrogens is 236 g/mol. The van der Waals surface area contributed by atoms with Gasteiger partial charge in [-0.05, 0) is 37.0 Å². The Bertz CT molecular complexity index is 538. The number of hydrogen-bond acceptors (Lipinski definition) is 3. The minimum Gasteiger partial charge on any atom is -0.390 e. The molecule has 17 heavy (non-hydrogen) atoms. The third-order valence-corrected chi connectivity index (χ3v) is 5.03.